The molecule has 4 rings (SSSR count). The van der Waals surface area contributed by atoms with Crippen LogP contribution in [0.15, 0.2) is 17.7 Å². The van der Waals surface area contributed by atoms with Crippen LogP contribution in [0.25, 0.3) is 5.57 Å². The second kappa shape index (κ2) is 4.17. The van der Waals surface area contributed by atoms with E-state index in [4.69, 9.17) is 4.74 Å². The highest BCUT2D eigenvalue weighted by Gasteiger charge is 2.40. The van der Waals surface area contributed by atoms with E-state index < -0.39 is 0 Å². The Hall–Kier alpha value is -1.65. The van der Waals surface area contributed by atoms with Crippen LogP contribution in [-0.2, 0) is 17.9 Å². The predicted molar refractivity (Wildman–Crippen MR) is 74.3 cm³/mol. The number of Topliss-reactive ketones (excluding diaryl/α,β-unsaturated/α-hetero) is 1. The summed E-state index contributed by atoms with van der Waals surface area (Å²) in [7, 11) is 2.08. The number of carbonyl (C=O) groups excluding carboxylic acids is 1. The lowest BCUT2D eigenvalue weighted by Crippen LogP contribution is -2.27. The van der Waals surface area contributed by atoms with Crippen molar-refractivity contribution < 1.29 is 14.6 Å². The quantitative estimate of drug-likeness (QED) is 0.841. The molecule has 0 radical (unpaired) electrons. The summed E-state index contributed by atoms with van der Waals surface area (Å²) in [5.74, 6) is 1.05. The number of aliphatic hydroxyl groups excluding tert-OH is 1. The smallest absolute Gasteiger partial charge is 0.141 e. The molecule has 2 aliphatic heterocycles. The van der Waals surface area contributed by atoms with Gasteiger partial charge in [0.1, 0.15) is 17.6 Å². The fourth-order valence-corrected chi connectivity index (χ4v) is 3.69. The van der Waals surface area contributed by atoms with Crippen molar-refractivity contribution in [1.82, 2.24) is 4.90 Å². The van der Waals surface area contributed by atoms with Crippen LogP contribution in [0.3, 0.4) is 0 Å². The highest BCUT2D eigenvalue weighted by Crippen LogP contribution is 2.48. The summed E-state index contributed by atoms with van der Waals surface area (Å²) >= 11 is 0. The summed E-state index contributed by atoms with van der Waals surface area (Å²) in [5, 5.41) is 9.51. The first kappa shape index (κ1) is 12.1. The minimum Gasteiger partial charge on any atom is -0.484 e. The van der Waals surface area contributed by atoms with Gasteiger partial charge in [-0.15, -0.1) is 0 Å². The minimum atomic E-state index is -0.140. The number of rotatable bonds is 1. The Balaban J connectivity index is 1.99. The average Bonchev–Trinajstić information content (AvgIpc) is 2.70. The molecule has 20 heavy (non-hydrogen) atoms. The van der Waals surface area contributed by atoms with Gasteiger partial charge in [-0.05, 0) is 18.2 Å². The van der Waals surface area contributed by atoms with Crippen LogP contribution in [0.5, 0.6) is 5.75 Å². The average molecular weight is 271 g/mol. The van der Waals surface area contributed by atoms with Crippen molar-refractivity contribution in [3.05, 3.63) is 34.4 Å². The second-order valence-electron chi connectivity index (χ2n) is 5.96. The number of benzene rings is 1. The summed E-state index contributed by atoms with van der Waals surface area (Å²) in [5.41, 5.74) is 5.62. The Morgan fingerprint density at radius 3 is 3.05 bits per heavy atom. The lowest BCUT2D eigenvalue weighted by atomic mass is 9.84. The number of aliphatic hydroxyl groups is 1. The summed E-state index contributed by atoms with van der Waals surface area (Å²) in [6, 6.07) is 4.02. The molecule has 0 amide bonds. The van der Waals surface area contributed by atoms with Gasteiger partial charge in [0.25, 0.3) is 0 Å². The number of carbonyl (C=O) groups is 1. The van der Waals surface area contributed by atoms with E-state index in [1.54, 1.807) is 0 Å². The Morgan fingerprint density at radius 1 is 1.40 bits per heavy atom. The van der Waals surface area contributed by atoms with E-state index in [1.165, 1.54) is 16.7 Å². The van der Waals surface area contributed by atoms with Gasteiger partial charge >= 0.3 is 0 Å². The molecular formula is C16H17NO3. The minimum absolute atomic E-state index is 0.0261. The SMILES string of the molecule is CN1CC2=C3c4c(ccc(CO)c4OC3CC(=O)C2)C1. The molecule has 4 heteroatoms. The highest BCUT2D eigenvalue weighted by atomic mass is 16.5. The topological polar surface area (TPSA) is 49.8 Å². The number of nitrogens with zero attached hydrogens (tertiary/aromatic N) is 1. The van der Waals surface area contributed by atoms with Gasteiger partial charge in [0.2, 0.25) is 0 Å². The zero-order valence-electron chi connectivity index (χ0n) is 11.5. The number of likely N-dealkylation sites (N-methyl/N-ethyl adjacent to an activating group) is 1. The van der Waals surface area contributed by atoms with Gasteiger partial charge in [0.05, 0.1) is 6.61 Å². The van der Waals surface area contributed by atoms with Crippen LogP contribution >= 0.6 is 0 Å². The Kier molecular flexibility index (Phi) is 2.53. The monoisotopic (exact) mass is 271 g/mol. The van der Waals surface area contributed by atoms with Gasteiger partial charge in [0, 0.05) is 42.6 Å². The van der Waals surface area contributed by atoms with E-state index in [-0.39, 0.29) is 18.5 Å². The summed E-state index contributed by atoms with van der Waals surface area (Å²) in [6.07, 6.45) is 0.864. The number of ether oxygens (including phenoxy) is 1. The van der Waals surface area contributed by atoms with Gasteiger partial charge < -0.3 is 9.84 Å². The molecule has 1 unspecified atom stereocenters. The molecule has 1 aromatic rings. The van der Waals surface area contributed by atoms with E-state index in [9.17, 15) is 9.90 Å². The van der Waals surface area contributed by atoms with Crippen molar-refractivity contribution in [2.75, 3.05) is 13.6 Å². The molecule has 104 valence electrons. The second-order valence-corrected chi connectivity index (χ2v) is 5.96. The largest absolute Gasteiger partial charge is 0.484 e. The lowest BCUT2D eigenvalue weighted by Gasteiger charge is -2.23. The van der Waals surface area contributed by atoms with Crippen LogP contribution < -0.4 is 4.74 Å². The third kappa shape index (κ3) is 1.58. The molecule has 0 spiro atoms. The standard InChI is InChI=1S/C16H17NO3/c1-17-6-9-2-3-10(8-18)16-15(9)14-11(7-17)4-12(19)5-13(14)20-16/h2-3,13,18H,4-8H2,1H3. The molecule has 1 aromatic carbocycles. The van der Waals surface area contributed by atoms with Crippen molar-refractivity contribution in [1.29, 1.82) is 0 Å². The van der Waals surface area contributed by atoms with Crippen LogP contribution in [0.1, 0.15) is 29.5 Å². The van der Waals surface area contributed by atoms with E-state index in [2.05, 4.69) is 18.0 Å². The third-order valence-electron chi connectivity index (χ3n) is 4.45. The van der Waals surface area contributed by atoms with Crippen molar-refractivity contribution in [2.24, 2.45) is 0 Å². The third-order valence-corrected chi connectivity index (χ3v) is 4.45. The summed E-state index contributed by atoms with van der Waals surface area (Å²) < 4.78 is 6.03. The maximum atomic E-state index is 11.9. The first-order valence-corrected chi connectivity index (χ1v) is 7.02. The molecule has 0 saturated carbocycles. The fraction of sp³-hybridized carbons (Fsp3) is 0.438. The fourth-order valence-electron chi connectivity index (χ4n) is 3.69. The first-order chi connectivity index (χ1) is 9.67. The van der Waals surface area contributed by atoms with E-state index >= 15 is 0 Å². The molecule has 1 aliphatic carbocycles. The van der Waals surface area contributed by atoms with Crippen LogP contribution in [0.2, 0.25) is 0 Å². The molecule has 0 saturated heterocycles. The predicted octanol–water partition coefficient (Wildman–Crippen LogP) is 1.50. The Morgan fingerprint density at radius 2 is 2.25 bits per heavy atom. The molecule has 1 atom stereocenters. The Labute approximate surface area is 117 Å². The number of ketones is 1. The van der Waals surface area contributed by atoms with Gasteiger partial charge in [-0.25, -0.2) is 0 Å². The van der Waals surface area contributed by atoms with Crippen molar-refractivity contribution >= 4 is 11.4 Å². The lowest BCUT2D eigenvalue weighted by molar-refractivity contribution is -0.119. The molecule has 4 nitrogen and oxygen atoms in total. The molecule has 1 N–H and O–H groups in total. The summed E-state index contributed by atoms with van der Waals surface area (Å²) in [6.45, 7) is 1.65. The van der Waals surface area contributed by atoms with Gasteiger partial charge in [-0.3, -0.25) is 9.69 Å². The normalized spacial score (nSPS) is 24.5. The van der Waals surface area contributed by atoms with Crippen molar-refractivity contribution in [2.45, 2.75) is 32.1 Å². The summed E-state index contributed by atoms with van der Waals surface area (Å²) in [4.78, 5) is 14.2. The van der Waals surface area contributed by atoms with Gasteiger partial charge in [-0.2, -0.15) is 0 Å². The zero-order valence-corrected chi connectivity index (χ0v) is 11.5. The number of hydrogen-bond donors (Lipinski definition) is 1. The van der Waals surface area contributed by atoms with Crippen LogP contribution in [0, 0.1) is 0 Å². The zero-order chi connectivity index (χ0) is 13.9. The molecule has 0 aromatic heterocycles. The van der Waals surface area contributed by atoms with Gasteiger partial charge in [-0.1, -0.05) is 12.1 Å². The number of hydrogen-bond acceptors (Lipinski definition) is 4. The maximum Gasteiger partial charge on any atom is 0.141 e. The van der Waals surface area contributed by atoms with E-state index in [0.717, 1.165) is 30.0 Å². The van der Waals surface area contributed by atoms with Crippen LogP contribution in [-0.4, -0.2) is 35.5 Å². The molecule has 0 bridgehead atoms. The molecule has 0 fully saturated rings. The van der Waals surface area contributed by atoms with E-state index in [1.807, 2.05) is 6.07 Å². The highest BCUT2D eigenvalue weighted by molar-refractivity contribution is 5.95. The molecular weight excluding hydrogens is 254 g/mol. The van der Waals surface area contributed by atoms with Crippen LogP contribution in [0.4, 0.5) is 0 Å². The molecule has 2 heterocycles. The van der Waals surface area contributed by atoms with Crippen molar-refractivity contribution in [3.8, 4) is 5.75 Å². The van der Waals surface area contributed by atoms with Gasteiger partial charge in [0.15, 0.2) is 0 Å². The molecule has 3 aliphatic rings. The van der Waals surface area contributed by atoms with E-state index in [0.29, 0.717) is 12.8 Å². The Bertz CT molecular complexity index is 647. The van der Waals surface area contributed by atoms with Crippen molar-refractivity contribution in [3.63, 3.8) is 0 Å². The maximum absolute atomic E-state index is 11.9. The first-order valence-electron chi connectivity index (χ1n) is 7.02.